The van der Waals surface area contributed by atoms with E-state index in [1.54, 1.807) is 6.07 Å². The predicted molar refractivity (Wildman–Crippen MR) is 83.1 cm³/mol. The highest BCUT2D eigenvalue weighted by Crippen LogP contribution is 2.30. The molecule has 19 heavy (non-hydrogen) atoms. The third-order valence-corrected chi connectivity index (χ3v) is 7.04. The summed E-state index contributed by atoms with van der Waals surface area (Å²) in [6, 6.07) is 1.79. The average molecular weight is 366 g/mol. The van der Waals surface area contributed by atoms with Gasteiger partial charge in [-0.25, -0.2) is 13.1 Å². The summed E-state index contributed by atoms with van der Waals surface area (Å²) < 4.78 is 28.6. The van der Waals surface area contributed by atoms with E-state index in [0.29, 0.717) is 10.8 Å². The van der Waals surface area contributed by atoms with Gasteiger partial charge in [0.15, 0.2) is 0 Å². The molecule has 2 rings (SSSR count). The van der Waals surface area contributed by atoms with Crippen molar-refractivity contribution in [1.82, 2.24) is 4.72 Å². The molecule has 0 radical (unpaired) electrons. The van der Waals surface area contributed by atoms with Crippen molar-refractivity contribution in [2.45, 2.75) is 56.9 Å². The van der Waals surface area contributed by atoms with E-state index < -0.39 is 10.0 Å². The maximum Gasteiger partial charge on any atom is 0.241 e. The third-order valence-electron chi connectivity index (χ3n) is 3.71. The van der Waals surface area contributed by atoms with Crippen LogP contribution in [0.25, 0.3) is 0 Å². The molecule has 1 aliphatic carbocycles. The SMILES string of the molecule is Cc1sc(Br)cc1S(=O)(=O)NC1CCCC(C)CC1. The van der Waals surface area contributed by atoms with Crippen LogP contribution in [0.2, 0.25) is 0 Å². The molecule has 6 heteroatoms. The second kappa shape index (κ2) is 6.24. The minimum absolute atomic E-state index is 0.0908. The van der Waals surface area contributed by atoms with E-state index in [1.165, 1.54) is 17.8 Å². The van der Waals surface area contributed by atoms with Crippen LogP contribution in [-0.4, -0.2) is 14.5 Å². The summed E-state index contributed by atoms with van der Waals surface area (Å²) in [5.74, 6) is 0.714. The van der Waals surface area contributed by atoms with E-state index in [9.17, 15) is 8.42 Å². The largest absolute Gasteiger partial charge is 0.241 e. The molecule has 108 valence electrons. The van der Waals surface area contributed by atoms with E-state index in [-0.39, 0.29) is 6.04 Å². The first-order valence-electron chi connectivity index (χ1n) is 6.67. The van der Waals surface area contributed by atoms with Gasteiger partial charge in [-0.15, -0.1) is 11.3 Å². The maximum absolute atomic E-state index is 12.4. The summed E-state index contributed by atoms with van der Waals surface area (Å²) in [7, 11) is -3.37. The highest BCUT2D eigenvalue weighted by atomic mass is 79.9. The number of thiophene rings is 1. The van der Waals surface area contributed by atoms with Gasteiger partial charge in [0, 0.05) is 10.9 Å². The van der Waals surface area contributed by atoms with Gasteiger partial charge in [0.1, 0.15) is 0 Å². The van der Waals surface area contributed by atoms with Crippen molar-refractivity contribution in [1.29, 1.82) is 0 Å². The van der Waals surface area contributed by atoms with Crippen LogP contribution in [0.3, 0.4) is 0 Å². The number of sulfonamides is 1. The minimum atomic E-state index is -3.37. The highest BCUT2D eigenvalue weighted by Gasteiger charge is 2.25. The predicted octanol–water partition coefficient (Wildman–Crippen LogP) is 4.07. The van der Waals surface area contributed by atoms with Crippen molar-refractivity contribution >= 4 is 37.3 Å². The first kappa shape index (κ1) is 15.5. The van der Waals surface area contributed by atoms with E-state index in [0.717, 1.165) is 34.3 Å². The van der Waals surface area contributed by atoms with Gasteiger partial charge < -0.3 is 0 Å². The van der Waals surface area contributed by atoms with Crippen molar-refractivity contribution in [2.24, 2.45) is 5.92 Å². The molecule has 0 saturated heterocycles. The van der Waals surface area contributed by atoms with Crippen molar-refractivity contribution in [3.05, 3.63) is 14.7 Å². The maximum atomic E-state index is 12.4. The molecule has 1 fully saturated rings. The minimum Gasteiger partial charge on any atom is -0.208 e. The molecule has 1 aromatic heterocycles. The van der Waals surface area contributed by atoms with Gasteiger partial charge in [-0.05, 0) is 54.1 Å². The first-order valence-corrected chi connectivity index (χ1v) is 9.76. The van der Waals surface area contributed by atoms with E-state index in [2.05, 4.69) is 27.6 Å². The van der Waals surface area contributed by atoms with Crippen LogP contribution in [0.4, 0.5) is 0 Å². The Morgan fingerprint density at radius 3 is 2.68 bits per heavy atom. The molecule has 2 atom stereocenters. The molecule has 0 amide bonds. The van der Waals surface area contributed by atoms with E-state index in [1.807, 2.05) is 6.92 Å². The second-order valence-corrected chi connectivity index (χ2v) is 9.72. The Hall–Kier alpha value is 0.0900. The van der Waals surface area contributed by atoms with Gasteiger partial charge in [-0.1, -0.05) is 19.8 Å². The van der Waals surface area contributed by atoms with Crippen LogP contribution in [0.15, 0.2) is 14.7 Å². The lowest BCUT2D eigenvalue weighted by atomic mass is 10.0. The van der Waals surface area contributed by atoms with Gasteiger partial charge in [0.2, 0.25) is 10.0 Å². The summed E-state index contributed by atoms with van der Waals surface area (Å²) in [5, 5.41) is 0. The Kier molecular flexibility index (Phi) is 5.09. The summed E-state index contributed by atoms with van der Waals surface area (Å²) in [6.07, 6.45) is 5.33. The average Bonchev–Trinajstić information content (AvgIpc) is 2.52. The fourth-order valence-electron chi connectivity index (χ4n) is 2.59. The van der Waals surface area contributed by atoms with Gasteiger partial charge in [-0.2, -0.15) is 0 Å². The van der Waals surface area contributed by atoms with Crippen LogP contribution in [0, 0.1) is 12.8 Å². The zero-order chi connectivity index (χ0) is 14.0. The second-order valence-electron chi connectivity index (χ2n) is 5.40. The molecular weight excluding hydrogens is 346 g/mol. The molecule has 0 aliphatic heterocycles. The third kappa shape index (κ3) is 4.03. The lowest BCUT2D eigenvalue weighted by Crippen LogP contribution is -2.34. The van der Waals surface area contributed by atoms with Gasteiger partial charge in [-0.3, -0.25) is 0 Å². The summed E-state index contributed by atoms with van der Waals surface area (Å²) >= 11 is 4.81. The smallest absolute Gasteiger partial charge is 0.208 e. The van der Waals surface area contributed by atoms with Gasteiger partial charge in [0.25, 0.3) is 0 Å². The number of nitrogens with one attached hydrogen (secondary N) is 1. The normalized spacial score (nSPS) is 25.2. The Labute approximate surface area is 128 Å². The van der Waals surface area contributed by atoms with E-state index >= 15 is 0 Å². The zero-order valence-electron chi connectivity index (χ0n) is 11.3. The van der Waals surface area contributed by atoms with Crippen molar-refractivity contribution in [3.8, 4) is 0 Å². The molecule has 0 bridgehead atoms. The van der Waals surface area contributed by atoms with Crippen LogP contribution < -0.4 is 4.72 Å². The molecule has 1 aliphatic rings. The topological polar surface area (TPSA) is 46.2 Å². The van der Waals surface area contributed by atoms with Crippen molar-refractivity contribution < 1.29 is 8.42 Å². The van der Waals surface area contributed by atoms with Crippen molar-refractivity contribution in [3.63, 3.8) is 0 Å². The molecule has 0 aromatic carbocycles. The lowest BCUT2D eigenvalue weighted by Gasteiger charge is -2.16. The van der Waals surface area contributed by atoms with Crippen LogP contribution in [0.5, 0.6) is 0 Å². The number of rotatable bonds is 3. The Bertz CT molecular complexity index is 539. The van der Waals surface area contributed by atoms with Crippen LogP contribution in [0.1, 0.15) is 43.9 Å². The quantitative estimate of drug-likeness (QED) is 0.820. The number of hydrogen-bond donors (Lipinski definition) is 1. The summed E-state index contributed by atoms with van der Waals surface area (Å²) in [6.45, 7) is 4.09. The molecule has 0 spiro atoms. The van der Waals surface area contributed by atoms with Gasteiger partial charge >= 0.3 is 0 Å². The molecule has 1 N–H and O–H groups in total. The van der Waals surface area contributed by atoms with Crippen LogP contribution in [-0.2, 0) is 10.0 Å². The first-order chi connectivity index (χ1) is 8.88. The number of hydrogen-bond acceptors (Lipinski definition) is 3. The Balaban J connectivity index is 2.11. The lowest BCUT2D eigenvalue weighted by molar-refractivity contribution is 0.484. The molecule has 1 saturated carbocycles. The standard InChI is InChI=1S/C13H20BrNO2S2/c1-9-4-3-5-11(7-6-9)15-19(16,17)12-8-13(14)18-10(12)2/h8-9,11,15H,3-7H2,1-2H3. The highest BCUT2D eigenvalue weighted by molar-refractivity contribution is 9.11. The monoisotopic (exact) mass is 365 g/mol. The number of halogens is 1. The Morgan fingerprint density at radius 1 is 1.32 bits per heavy atom. The van der Waals surface area contributed by atoms with Crippen molar-refractivity contribution in [2.75, 3.05) is 0 Å². The summed E-state index contributed by atoms with van der Waals surface area (Å²) in [5.41, 5.74) is 0. The number of aryl methyl sites for hydroxylation is 1. The van der Waals surface area contributed by atoms with Gasteiger partial charge in [0.05, 0.1) is 8.68 Å². The fourth-order valence-corrected chi connectivity index (χ4v) is 6.30. The Morgan fingerprint density at radius 2 is 2.05 bits per heavy atom. The molecule has 1 heterocycles. The fraction of sp³-hybridized carbons (Fsp3) is 0.692. The molecule has 3 nitrogen and oxygen atoms in total. The molecule has 2 unspecified atom stereocenters. The van der Waals surface area contributed by atoms with E-state index in [4.69, 9.17) is 0 Å². The molecule has 1 aromatic rings. The zero-order valence-corrected chi connectivity index (χ0v) is 14.5. The molecular formula is C13H20BrNO2S2. The van der Waals surface area contributed by atoms with Crippen LogP contribution >= 0.6 is 27.3 Å². The summed E-state index contributed by atoms with van der Waals surface area (Å²) in [4.78, 5) is 1.25.